The van der Waals surface area contributed by atoms with Crippen molar-refractivity contribution >= 4 is 8.32 Å². The fourth-order valence-corrected chi connectivity index (χ4v) is 6.34. The third-order valence-electron chi connectivity index (χ3n) is 3.29. The first-order chi connectivity index (χ1) is 7.33. The molecule has 0 aromatic rings. The van der Waals surface area contributed by atoms with E-state index in [9.17, 15) is 4.80 Å². The van der Waals surface area contributed by atoms with E-state index in [0.29, 0.717) is 16.6 Å². The van der Waals surface area contributed by atoms with Crippen molar-refractivity contribution in [2.24, 2.45) is 0 Å². The van der Waals surface area contributed by atoms with Gasteiger partial charge in [-0.1, -0.05) is 58.2 Å². The Balaban J connectivity index is -0.0000000361. The smallest absolute Gasteiger partial charge is 0 e. The monoisotopic (exact) mass is 361 g/mol. The molecule has 0 aromatic carbocycles. The predicted molar refractivity (Wildman–Crippen MR) is 105 cm³/mol. The van der Waals surface area contributed by atoms with Crippen LogP contribution in [0.1, 0.15) is 48.0 Å². The Morgan fingerprint density at radius 3 is 1.18 bits per heavy atom. The minimum absolute atomic E-state index is 0. The zero-order valence-corrected chi connectivity index (χ0v) is 19.6. The van der Waals surface area contributed by atoms with Crippen LogP contribution in [0.4, 0.5) is 0 Å². The van der Waals surface area contributed by atoms with Gasteiger partial charge in [-0.3, -0.25) is 6.08 Å². The number of hydrogen-bond donors (Lipinski definition) is 0. The Kier molecular flexibility index (Phi) is 42.0. The summed E-state index contributed by atoms with van der Waals surface area (Å²) >= 11 is 0. The third kappa shape index (κ3) is 14.0. The van der Waals surface area contributed by atoms with Crippen molar-refractivity contribution in [1.82, 2.24) is 0 Å². The van der Waals surface area contributed by atoms with Crippen LogP contribution in [0.15, 0.2) is 18.2 Å². The summed E-state index contributed by atoms with van der Waals surface area (Å²) in [7, 11) is -2.23. The van der Waals surface area contributed by atoms with E-state index >= 15 is 0 Å². The van der Waals surface area contributed by atoms with E-state index in [2.05, 4.69) is 53.7 Å². The fraction of sp³-hybridized carbons (Fsp3) is 0.526. The largest absolute Gasteiger partial charge is 0.858 e. The summed E-state index contributed by atoms with van der Waals surface area (Å²) in [5, 5.41) is 0. The van der Waals surface area contributed by atoms with Gasteiger partial charge in [-0.05, 0) is 8.32 Å². The molecule has 1 aliphatic rings. The molecule has 3 heteroatoms. The van der Waals surface area contributed by atoms with Crippen LogP contribution in [0.3, 0.4) is 0 Å². The first-order valence-corrected chi connectivity index (χ1v) is 8.39. The molecule has 0 spiro atoms. The summed E-state index contributed by atoms with van der Waals surface area (Å²) in [6.07, 6.45) is 10.0. The summed E-state index contributed by atoms with van der Waals surface area (Å²) in [5.41, 5.74) is 1.09. The molecule has 0 fully saturated rings. The van der Waals surface area contributed by atoms with Gasteiger partial charge in [0.05, 0.1) is 0 Å². The quantitative estimate of drug-likeness (QED) is 0.441. The molecular formula is C19H41OSiTi-7. The van der Waals surface area contributed by atoms with E-state index in [0.717, 1.165) is 6.42 Å². The molecule has 0 aliphatic heterocycles. The van der Waals surface area contributed by atoms with Gasteiger partial charge in [0, 0.05) is 21.7 Å². The molecule has 0 amide bonds. The maximum atomic E-state index is 12.3. The maximum absolute atomic E-state index is 12.3. The number of allylic oxidation sites excluding steroid dienone is 4. The van der Waals surface area contributed by atoms with Crippen molar-refractivity contribution in [2.75, 3.05) is 0 Å². The molecule has 0 saturated carbocycles. The topological polar surface area (TPSA) is 23.1 Å². The normalized spacial score (nSPS) is 10.8. The summed E-state index contributed by atoms with van der Waals surface area (Å²) in [4.78, 5) is 12.3. The molecule has 0 heterocycles. The molecule has 1 aliphatic carbocycles. The molecule has 0 atom stereocenters. The van der Waals surface area contributed by atoms with E-state index in [4.69, 9.17) is 0 Å². The van der Waals surface area contributed by atoms with Crippen LogP contribution in [0.25, 0.3) is 0 Å². The Morgan fingerprint density at radius 2 is 1.14 bits per heavy atom. The third-order valence-corrected chi connectivity index (χ3v) is 8.71. The van der Waals surface area contributed by atoms with Crippen molar-refractivity contribution in [1.29, 1.82) is 0 Å². The van der Waals surface area contributed by atoms with Crippen LogP contribution in [0, 0.1) is 43.2 Å². The first-order valence-electron chi connectivity index (χ1n) is 6.25. The zero-order chi connectivity index (χ0) is 12.8. The molecule has 0 aromatic heterocycles. The van der Waals surface area contributed by atoms with Gasteiger partial charge in [-0.25, -0.2) is 12.2 Å². The molecule has 0 N–H and O–H groups in total. The molecule has 1 rings (SSSR count). The molecule has 0 radical (unpaired) electrons. The summed E-state index contributed by atoms with van der Waals surface area (Å²) in [6, 6.07) is 0. The van der Waals surface area contributed by atoms with Gasteiger partial charge >= 0.3 is 0 Å². The van der Waals surface area contributed by atoms with E-state index < -0.39 is 8.32 Å². The fourth-order valence-electron chi connectivity index (χ4n) is 2.34. The Morgan fingerprint density at radius 1 is 0.818 bits per heavy atom. The second-order valence-corrected chi connectivity index (χ2v) is 10.5. The van der Waals surface area contributed by atoms with Crippen molar-refractivity contribution in [3.05, 3.63) is 61.4 Å². The second-order valence-electron chi connectivity index (χ2n) is 5.32. The van der Waals surface area contributed by atoms with Gasteiger partial charge < -0.3 is 41.9 Å². The number of hydrogen-bond acceptors (Lipinski definition) is 1. The molecule has 0 unspecified atom stereocenters. The van der Waals surface area contributed by atoms with Gasteiger partial charge in [0.2, 0.25) is 0 Å². The van der Waals surface area contributed by atoms with Gasteiger partial charge in [0.15, 0.2) is 0 Å². The first kappa shape index (κ1) is 43.2. The van der Waals surface area contributed by atoms with E-state index in [1.54, 1.807) is 0 Å². The number of rotatable bonds is 3. The van der Waals surface area contributed by atoms with Gasteiger partial charge in [0.1, 0.15) is 0 Å². The minimum Gasteiger partial charge on any atom is -0.858 e. The molecule has 0 saturated heterocycles. The maximum Gasteiger partial charge on any atom is 0 e. The van der Waals surface area contributed by atoms with Gasteiger partial charge in [0.25, 0.3) is 0 Å². The molecule has 1 nitrogen and oxygen atoms in total. The standard InChI is InChI=1S/C9H21OSi.C5H5.5CH3.Ti/c1-7(2)11(10,8(3)4)9(5)6;1-2-4-5-3-1;;;;;;/h7-9H,1-6H3;1-3H,4H2;5*1H3;/q7*-1;. The summed E-state index contributed by atoms with van der Waals surface area (Å²) in [5.74, 6) is 0. The van der Waals surface area contributed by atoms with Crippen LogP contribution >= 0.6 is 0 Å². The van der Waals surface area contributed by atoms with E-state index in [1.807, 2.05) is 12.2 Å². The van der Waals surface area contributed by atoms with Crippen molar-refractivity contribution in [3.63, 3.8) is 0 Å². The molecule has 22 heavy (non-hydrogen) atoms. The Labute approximate surface area is 160 Å². The van der Waals surface area contributed by atoms with Crippen LogP contribution < -0.4 is 4.80 Å². The predicted octanol–water partition coefficient (Wildman–Crippen LogP) is 6.08. The van der Waals surface area contributed by atoms with E-state index in [-0.39, 0.29) is 58.9 Å². The van der Waals surface area contributed by atoms with E-state index in [1.165, 1.54) is 0 Å². The van der Waals surface area contributed by atoms with Crippen molar-refractivity contribution in [2.45, 2.75) is 64.6 Å². The Hall–Kier alpha value is 0.371. The van der Waals surface area contributed by atoms with Crippen LogP contribution in [-0.4, -0.2) is 8.32 Å². The average Bonchev–Trinajstić information content (AvgIpc) is 2.73. The molecule has 0 bridgehead atoms. The summed E-state index contributed by atoms with van der Waals surface area (Å²) in [6.45, 7) is 12.5. The van der Waals surface area contributed by atoms with Gasteiger partial charge in [-0.2, -0.15) is 6.08 Å². The van der Waals surface area contributed by atoms with Crippen molar-refractivity contribution in [3.8, 4) is 0 Å². The average molecular weight is 361 g/mol. The summed E-state index contributed by atoms with van der Waals surface area (Å²) < 4.78 is 0. The second kappa shape index (κ2) is 21.4. The molecule has 138 valence electrons. The van der Waals surface area contributed by atoms with Crippen molar-refractivity contribution < 1.29 is 26.5 Å². The minimum atomic E-state index is -2.23. The van der Waals surface area contributed by atoms with Crippen LogP contribution in [-0.2, 0) is 21.7 Å². The van der Waals surface area contributed by atoms with Crippen LogP contribution in [0.5, 0.6) is 0 Å². The SMILES string of the molecule is CC(C)[Si]([O-])(C(C)C)C(C)C.[C-]1=CC=CC1.[CH3-].[CH3-].[CH3-].[CH3-].[CH3-].[Ti]. The zero-order valence-electron chi connectivity index (χ0n) is 17.1. The molecular weight excluding hydrogens is 320 g/mol. The Bertz CT molecular complexity index is 214. The van der Waals surface area contributed by atoms with Crippen LogP contribution in [0.2, 0.25) is 16.6 Å². The van der Waals surface area contributed by atoms with Gasteiger partial charge in [-0.15, -0.1) is 6.42 Å².